The van der Waals surface area contributed by atoms with Crippen molar-refractivity contribution in [1.29, 1.82) is 0 Å². The molecule has 0 atom stereocenters. The Morgan fingerprint density at radius 2 is 1.65 bits per heavy atom. The fourth-order valence-electron chi connectivity index (χ4n) is 2.42. The molecule has 23 heavy (non-hydrogen) atoms. The van der Waals surface area contributed by atoms with E-state index in [1.54, 1.807) is 12.1 Å². The highest BCUT2D eigenvalue weighted by Gasteiger charge is 2.16. The molecule has 3 aromatic rings. The predicted molar refractivity (Wildman–Crippen MR) is 95.0 cm³/mol. The zero-order chi connectivity index (χ0) is 16.8. The summed E-state index contributed by atoms with van der Waals surface area (Å²) in [5, 5.41) is 1.52. The molecule has 0 amide bonds. The van der Waals surface area contributed by atoms with Crippen molar-refractivity contribution in [2.75, 3.05) is 4.72 Å². The Kier molecular flexibility index (Phi) is 4.04. The number of benzene rings is 2. The summed E-state index contributed by atoms with van der Waals surface area (Å²) in [5.74, 6) is 0. The lowest BCUT2D eigenvalue weighted by atomic mass is 10.1. The van der Waals surface area contributed by atoms with E-state index in [9.17, 15) is 8.42 Å². The maximum Gasteiger partial charge on any atom is 0.261 e. The maximum absolute atomic E-state index is 12.5. The lowest BCUT2D eigenvalue weighted by Gasteiger charge is -2.09. The van der Waals surface area contributed by atoms with Crippen LogP contribution in [0.1, 0.15) is 11.3 Å². The molecular weight excluding hydrogens is 355 g/mol. The summed E-state index contributed by atoms with van der Waals surface area (Å²) in [5.41, 5.74) is 3.60. The molecule has 3 rings (SSSR count). The van der Waals surface area contributed by atoms with Crippen molar-refractivity contribution in [2.24, 2.45) is 0 Å². The van der Waals surface area contributed by atoms with Gasteiger partial charge in [0.15, 0.2) is 0 Å². The van der Waals surface area contributed by atoms with Gasteiger partial charge in [0.25, 0.3) is 10.0 Å². The monoisotopic (exact) mass is 368 g/mol. The Labute approximate surface area is 144 Å². The van der Waals surface area contributed by atoms with E-state index < -0.39 is 10.0 Å². The topological polar surface area (TPSA) is 62.0 Å². The minimum absolute atomic E-state index is 0.0251. The van der Waals surface area contributed by atoms with Crippen LogP contribution in [0.4, 0.5) is 5.69 Å². The molecule has 0 saturated heterocycles. The third kappa shape index (κ3) is 3.17. The lowest BCUT2D eigenvalue weighted by Crippen LogP contribution is -2.12. The molecule has 0 saturated carbocycles. The molecule has 1 aromatic heterocycles. The van der Waals surface area contributed by atoms with Gasteiger partial charge in [-0.25, -0.2) is 8.42 Å². The number of hydrogen-bond acceptors (Lipinski definition) is 2. The summed E-state index contributed by atoms with van der Waals surface area (Å²) < 4.78 is 27.6. The number of rotatable bonds is 3. The molecule has 2 N–H and O–H groups in total. The van der Waals surface area contributed by atoms with Crippen molar-refractivity contribution in [3.8, 4) is 0 Å². The minimum atomic E-state index is -3.76. The van der Waals surface area contributed by atoms with Crippen molar-refractivity contribution < 1.29 is 8.42 Å². The minimum Gasteiger partial charge on any atom is -0.358 e. The number of nitrogens with one attached hydrogen (secondary N) is 2. The number of aromatic nitrogens is 1. The molecule has 0 fully saturated rings. The van der Waals surface area contributed by atoms with Crippen LogP contribution in [0.25, 0.3) is 10.9 Å². The molecule has 0 aliphatic carbocycles. The first-order valence-corrected chi connectivity index (χ1v) is 9.08. The average molecular weight is 369 g/mol. The number of hydrogen-bond donors (Lipinski definition) is 2. The van der Waals surface area contributed by atoms with Crippen LogP contribution < -0.4 is 4.72 Å². The number of fused-ring (bicyclic) bond motifs is 1. The molecule has 0 bridgehead atoms. The summed E-state index contributed by atoms with van der Waals surface area (Å²) >= 11 is 11.8. The van der Waals surface area contributed by atoms with Crippen LogP contribution >= 0.6 is 23.2 Å². The number of H-pyrrole nitrogens is 1. The summed E-state index contributed by atoms with van der Waals surface area (Å²) in [6.45, 7) is 3.97. The molecule has 4 nitrogen and oxygen atoms in total. The molecule has 0 unspecified atom stereocenters. The Bertz CT molecular complexity index is 990. The van der Waals surface area contributed by atoms with Gasteiger partial charge in [0.1, 0.15) is 0 Å². The fourth-order valence-corrected chi connectivity index (χ4v) is 4.20. The Hall–Kier alpha value is -1.69. The van der Waals surface area contributed by atoms with Crippen molar-refractivity contribution in [3.05, 3.63) is 57.7 Å². The highest BCUT2D eigenvalue weighted by atomic mass is 35.5. The molecule has 2 aromatic carbocycles. The van der Waals surface area contributed by atoms with E-state index in [4.69, 9.17) is 23.2 Å². The predicted octanol–water partition coefficient (Wildman–Crippen LogP) is 4.89. The van der Waals surface area contributed by atoms with Gasteiger partial charge in [0.05, 0.1) is 4.90 Å². The summed E-state index contributed by atoms with van der Waals surface area (Å²) in [4.78, 5) is 3.28. The third-order valence-electron chi connectivity index (χ3n) is 3.71. The molecule has 0 aliphatic rings. The summed E-state index contributed by atoms with van der Waals surface area (Å²) in [7, 11) is -3.76. The largest absolute Gasteiger partial charge is 0.358 e. The van der Waals surface area contributed by atoms with Gasteiger partial charge < -0.3 is 4.98 Å². The first-order chi connectivity index (χ1) is 10.8. The zero-order valence-electron chi connectivity index (χ0n) is 12.4. The Balaban J connectivity index is 2.01. The molecule has 120 valence electrons. The highest BCUT2D eigenvalue weighted by Crippen LogP contribution is 2.27. The zero-order valence-corrected chi connectivity index (χ0v) is 14.8. The third-order valence-corrected chi connectivity index (χ3v) is 5.50. The first kappa shape index (κ1) is 16.2. The standard InChI is InChI=1S/C16H14Cl2N2O2S/c1-9-10(2)19-16-4-3-13(8-15(9)16)20-23(21,22)14-6-11(17)5-12(18)7-14/h3-8,19-20H,1-2H3. The van der Waals surface area contributed by atoms with Crippen LogP contribution in [-0.4, -0.2) is 13.4 Å². The first-order valence-electron chi connectivity index (χ1n) is 6.84. The van der Waals surface area contributed by atoms with Crippen LogP contribution in [0.15, 0.2) is 41.3 Å². The van der Waals surface area contributed by atoms with Crippen molar-refractivity contribution in [3.63, 3.8) is 0 Å². The van der Waals surface area contributed by atoms with Crippen LogP contribution in [0.5, 0.6) is 0 Å². The second-order valence-corrected chi connectivity index (χ2v) is 7.90. The smallest absolute Gasteiger partial charge is 0.261 e. The van der Waals surface area contributed by atoms with E-state index in [1.165, 1.54) is 18.2 Å². The number of aryl methyl sites for hydroxylation is 2. The highest BCUT2D eigenvalue weighted by molar-refractivity contribution is 7.92. The molecule has 1 heterocycles. The van der Waals surface area contributed by atoms with E-state index in [-0.39, 0.29) is 14.9 Å². The van der Waals surface area contributed by atoms with E-state index in [2.05, 4.69) is 9.71 Å². The van der Waals surface area contributed by atoms with Crippen LogP contribution in [-0.2, 0) is 10.0 Å². The molecular formula is C16H14Cl2N2O2S. The second kappa shape index (κ2) is 5.74. The van der Waals surface area contributed by atoms with Crippen molar-refractivity contribution in [2.45, 2.75) is 18.7 Å². The van der Waals surface area contributed by atoms with E-state index >= 15 is 0 Å². The summed E-state index contributed by atoms with van der Waals surface area (Å²) in [6, 6.07) is 9.57. The Morgan fingerprint density at radius 3 is 2.30 bits per heavy atom. The quantitative estimate of drug-likeness (QED) is 0.690. The SMILES string of the molecule is Cc1[nH]c2ccc(NS(=O)(=O)c3cc(Cl)cc(Cl)c3)cc2c1C. The Morgan fingerprint density at radius 1 is 1.00 bits per heavy atom. The van der Waals surface area contributed by atoms with Gasteiger partial charge in [-0.05, 0) is 55.8 Å². The number of sulfonamides is 1. The van der Waals surface area contributed by atoms with Crippen LogP contribution in [0, 0.1) is 13.8 Å². The molecule has 0 spiro atoms. The fraction of sp³-hybridized carbons (Fsp3) is 0.125. The van der Waals surface area contributed by atoms with Gasteiger partial charge in [0, 0.05) is 32.3 Å². The van der Waals surface area contributed by atoms with Crippen molar-refractivity contribution >= 4 is 49.8 Å². The van der Waals surface area contributed by atoms with Crippen LogP contribution in [0.2, 0.25) is 10.0 Å². The van der Waals surface area contributed by atoms with Gasteiger partial charge in [-0.15, -0.1) is 0 Å². The van der Waals surface area contributed by atoms with Gasteiger partial charge in [-0.1, -0.05) is 23.2 Å². The van der Waals surface area contributed by atoms with Gasteiger partial charge in [-0.2, -0.15) is 0 Å². The molecule has 0 radical (unpaired) electrons. The maximum atomic E-state index is 12.5. The van der Waals surface area contributed by atoms with Gasteiger partial charge >= 0.3 is 0 Å². The average Bonchev–Trinajstić information content (AvgIpc) is 2.73. The van der Waals surface area contributed by atoms with Crippen molar-refractivity contribution in [1.82, 2.24) is 4.98 Å². The molecule has 0 aliphatic heterocycles. The number of aromatic amines is 1. The number of halogens is 2. The van der Waals surface area contributed by atoms with Gasteiger partial charge in [-0.3, -0.25) is 4.72 Å². The van der Waals surface area contributed by atoms with E-state index in [0.717, 1.165) is 22.2 Å². The lowest BCUT2D eigenvalue weighted by molar-refractivity contribution is 0.601. The van der Waals surface area contributed by atoms with Gasteiger partial charge in [0.2, 0.25) is 0 Å². The normalized spacial score (nSPS) is 11.8. The summed E-state index contributed by atoms with van der Waals surface area (Å²) in [6.07, 6.45) is 0. The second-order valence-electron chi connectivity index (χ2n) is 5.35. The molecule has 7 heteroatoms. The number of anilines is 1. The van der Waals surface area contributed by atoms with E-state index in [1.807, 2.05) is 19.9 Å². The van der Waals surface area contributed by atoms with Crippen LogP contribution in [0.3, 0.4) is 0 Å². The van der Waals surface area contributed by atoms with E-state index in [0.29, 0.717) is 5.69 Å².